The Balaban J connectivity index is 0. The molecule has 0 heterocycles. The van der Waals surface area contributed by atoms with Crippen LogP contribution in [0.4, 0.5) is 0 Å². The van der Waals surface area contributed by atoms with Crippen LogP contribution in [-0.4, -0.2) is 81.3 Å². The summed E-state index contributed by atoms with van der Waals surface area (Å²) in [6.45, 7) is 0. The summed E-state index contributed by atoms with van der Waals surface area (Å²) in [6, 6.07) is 5.42. The maximum atomic E-state index is 10.4. The molecule has 72 valence electrons. The fourth-order valence-corrected chi connectivity index (χ4v) is 0.973. The summed E-state index contributed by atoms with van der Waals surface area (Å²) in [5.41, 5.74) is 6.12. The van der Waals surface area contributed by atoms with Crippen molar-refractivity contribution in [2.45, 2.75) is 12.5 Å². The third-order valence-electron chi connectivity index (χ3n) is 1.71. The summed E-state index contributed by atoms with van der Waals surface area (Å²) in [4.78, 5) is 10.4. The van der Waals surface area contributed by atoms with E-state index in [9.17, 15) is 4.79 Å². The van der Waals surface area contributed by atoms with Gasteiger partial charge in [0.2, 0.25) is 0 Å². The van der Waals surface area contributed by atoms with E-state index in [2.05, 4.69) is 0 Å². The van der Waals surface area contributed by atoms with Crippen molar-refractivity contribution in [2.75, 3.05) is 0 Å². The Morgan fingerprint density at radius 1 is 1.27 bits per heavy atom. The van der Waals surface area contributed by atoms with Crippen molar-refractivity contribution in [3.05, 3.63) is 29.8 Å². The van der Waals surface area contributed by atoms with Crippen LogP contribution < -0.4 is 5.73 Å². The van der Waals surface area contributed by atoms with Gasteiger partial charge in [0.05, 0.1) is 0 Å². The van der Waals surface area contributed by atoms with E-state index >= 15 is 0 Å². The number of benzene rings is 1. The van der Waals surface area contributed by atoms with E-state index in [1.165, 1.54) is 12.1 Å². The van der Waals surface area contributed by atoms with Crippen LogP contribution in [0.25, 0.3) is 0 Å². The van der Waals surface area contributed by atoms with Crippen molar-refractivity contribution >= 4 is 65.1 Å². The molecule has 15 heavy (non-hydrogen) atoms. The van der Waals surface area contributed by atoms with Gasteiger partial charge in [-0.1, -0.05) is 12.1 Å². The molecule has 2 radical (unpaired) electrons. The second-order valence-corrected chi connectivity index (χ2v) is 2.82. The van der Waals surface area contributed by atoms with Crippen molar-refractivity contribution in [2.24, 2.45) is 5.73 Å². The van der Waals surface area contributed by atoms with Crippen LogP contribution in [0, 0.1) is 0 Å². The van der Waals surface area contributed by atoms with Gasteiger partial charge < -0.3 is 15.9 Å². The second-order valence-electron chi connectivity index (χ2n) is 2.82. The van der Waals surface area contributed by atoms with E-state index in [4.69, 9.17) is 15.9 Å². The number of carbonyl (C=O) groups is 1. The van der Waals surface area contributed by atoms with E-state index in [-0.39, 0.29) is 71.3 Å². The molecule has 0 aliphatic heterocycles. The molecule has 1 atom stereocenters. The van der Waals surface area contributed by atoms with Crippen molar-refractivity contribution in [1.29, 1.82) is 0 Å². The molecule has 1 unspecified atom stereocenters. The van der Waals surface area contributed by atoms with Crippen LogP contribution in [0.1, 0.15) is 5.56 Å². The van der Waals surface area contributed by atoms with Gasteiger partial charge in [-0.05, 0) is 24.1 Å². The molecule has 0 aliphatic carbocycles. The molecule has 0 aromatic heterocycles. The predicted octanol–water partition coefficient (Wildman–Crippen LogP) is -0.415. The molecular formula is C9H11NNa2O3. The van der Waals surface area contributed by atoms with E-state index in [1.807, 2.05) is 0 Å². The Morgan fingerprint density at radius 2 is 1.73 bits per heavy atom. The van der Waals surface area contributed by atoms with Gasteiger partial charge in [-0.3, -0.25) is 4.79 Å². The number of aliphatic carboxylic acids is 1. The summed E-state index contributed by atoms with van der Waals surface area (Å²) in [5.74, 6) is -0.860. The third kappa shape index (κ3) is 6.58. The number of hydrogen-bond donors (Lipinski definition) is 3. The molecule has 4 N–H and O–H groups in total. The number of rotatable bonds is 3. The number of phenolic OH excluding ortho intramolecular Hbond substituents is 1. The largest absolute Gasteiger partial charge is 0.508 e. The molecule has 0 amide bonds. The van der Waals surface area contributed by atoms with Gasteiger partial charge in [-0.15, -0.1) is 0 Å². The summed E-state index contributed by atoms with van der Waals surface area (Å²) in [7, 11) is 0. The minimum Gasteiger partial charge on any atom is -0.508 e. The minimum absolute atomic E-state index is 0. The zero-order valence-corrected chi connectivity index (χ0v) is 13.0. The monoisotopic (exact) mass is 227 g/mol. The topological polar surface area (TPSA) is 83.5 Å². The maximum Gasteiger partial charge on any atom is 0.320 e. The Bertz CT molecular complexity index is 303. The first-order valence-corrected chi connectivity index (χ1v) is 3.86. The first kappa shape index (κ1) is 17.8. The van der Waals surface area contributed by atoms with Crippen molar-refractivity contribution < 1.29 is 15.0 Å². The number of phenols is 1. The summed E-state index contributed by atoms with van der Waals surface area (Å²) >= 11 is 0. The van der Waals surface area contributed by atoms with Crippen LogP contribution in [0.2, 0.25) is 0 Å². The first-order chi connectivity index (χ1) is 6.09. The SMILES string of the molecule is NC(Cc1ccc(O)cc1)C(=O)O.[Na].[Na]. The van der Waals surface area contributed by atoms with Gasteiger partial charge in [0.1, 0.15) is 11.8 Å². The summed E-state index contributed by atoms with van der Waals surface area (Å²) in [5, 5.41) is 17.5. The van der Waals surface area contributed by atoms with Crippen LogP contribution in [0.3, 0.4) is 0 Å². The number of aromatic hydroxyl groups is 1. The molecule has 1 aromatic carbocycles. The Morgan fingerprint density at radius 3 is 2.13 bits per heavy atom. The van der Waals surface area contributed by atoms with E-state index in [0.717, 1.165) is 5.56 Å². The fraction of sp³-hybridized carbons (Fsp3) is 0.222. The van der Waals surface area contributed by atoms with Gasteiger partial charge >= 0.3 is 5.97 Å². The Hall–Kier alpha value is 0.450. The normalized spacial score (nSPS) is 10.7. The average Bonchev–Trinajstić information content (AvgIpc) is 2.08. The molecular weight excluding hydrogens is 216 g/mol. The molecule has 0 saturated heterocycles. The molecule has 0 aliphatic rings. The molecule has 4 nitrogen and oxygen atoms in total. The van der Waals surface area contributed by atoms with E-state index in [0.29, 0.717) is 0 Å². The van der Waals surface area contributed by atoms with Crippen LogP contribution in [0.15, 0.2) is 24.3 Å². The van der Waals surface area contributed by atoms with Crippen LogP contribution in [-0.2, 0) is 11.2 Å². The standard InChI is InChI=1S/C9H11NO3.2Na/c10-8(9(12)13)5-6-1-3-7(11)4-2-6;;/h1-4,8,11H,5,10H2,(H,12,13);;. The smallest absolute Gasteiger partial charge is 0.320 e. The molecule has 0 bridgehead atoms. The van der Waals surface area contributed by atoms with Crippen molar-refractivity contribution in [3.8, 4) is 5.75 Å². The Kier molecular flexibility index (Phi) is 10.2. The zero-order chi connectivity index (χ0) is 9.84. The van der Waals surface area contributed by atoms with Gasteiger partial charge in [0.25, 0.3) is 0 Å². The van der Waals surface area contributed by atoms with E-state index in [1.54, 1.807) is 12.1 Å². The number of carboxylic acid groups (broad SMARTS) is 1. The molecule has 0 saturated carbocycles. The Labute approximate surface area is 132 Å². The fourth-order valence-electron chi connectivity index (χ4n) is 0.973. The quantitative estimate of drug-likeness (QED) is 0.613. The second kappa shape index (κ2) is 8.58. The third-order valence-corrected chi connectivity index (χ3v) is 1.71. The molecule has 0 fully saturated rings. The average molecular weight is 227 g/mol. The molecule has 1 aromatic rings. The van der Waals surface area contributed by atoms with Gasteiger partial charge in [0, 0.05) is 59.1 Å². The van der Waals surface area contributed by atoms with Gasteiger partial charge in [0.15, 0.2) is 0 Å². The molecule has 0 spiro atoms. The number of carboxylic acids is 1. The minimum atomic E-state index is -1.02. The van der Waals surface area contributed by atoms with E-state index < -0.39 is 12.0 Å². The number of hydrogen-bond acceptors (Lipinski definition) is 3. The zero-order valence-electron chi connectivity index (χ0n) is 8.97. The van der Waals surface area contributed by atoms with Gasteiger partial charge in [-0.25, -0.2) is 0 Å². The van der Waals surface area contributed by atoms with Crippen LogP contribution >= 0.6 is 0 Å². The summed E-state index contributed by atoms with van der Waals surface area (Å²) in [6.07, 6.45) is 0.273. The van der Waals surface area contributed by atoms with Crippen molar-refractivity contribution in [3.63, 3.8) is 0 Å². The first-order valence-electron chi connectivity index (χ1n) is 3.86. The summed E-state index contributed by atoms with van der Waals surface area (Å²) < 4.78 is 0. The van der Waals surface area contributed by atoms with Crippen LogP contribution in [0.5, 0.6) is 5.75 Å². The maximum absolute atomic E-state index is 10.4. The predicted molar refractivity (Wildman–Crippen MR) is 58.9 cm³/mol. The number of nitrogens with two attached hydrogens (primary N) is 1. The molecule has 1 rings (SSSR count). The molecule has 6 heteroatoms. The van der Waals surface area contributed by atoms with Gasteiger partial charge in [-0.2, -0.15) is 0 Å². The van der Waals surface area contributed by atoms with Crippen molar-refractivity contribution in [1.82, 2.24) is 0 Å².